The van der Waals surface area contributed by atoms with Crippen LogP contribution in [0, 0.1) is 0 Å². The Balaban J connectivity index is 1.83. The van der Waals surface area contributed by atoms with Gasteiger partial charge in [-0.05, 0) is 6.42 Å². The van der Waals surface area contributed by atoms with E-state index >= 15 is 0 Å². The van der Waals surface area contributed by atoms with Gasteiger partial charge in [-0.15, -0.1) is 0 Å². The zero-order valence-electron chi connectivity index (χ0n) is 11.7. The Morgan fingerprint density at radius 2 is 2.32 bits per heavy atom. The second-order valence-electron chi connectivity index (χ2n) is 5.38. The van der Waals surface area contributed by atoms with Gasteiger partial charge in [0.15, 0.2) is 0 Å². The van der Waals surface area contributed by atoms with Crippen LogP contribution in [-0.4, -0.2) is 45.5 Å². The molecule has 0 aliphatic carbocycles. The second-order valence-corrected chi connectivity index (χ2v) is 5.38. The Morgan fingerprint density at radius 3 is 3.00 bits per heavy atom. The van der Waals surface area contributed by atoms with Crippen molar-refractivity contribution in [1.29, 1.82) is 0 Å². The van der Waals surface area contributed by atoms with Gasteiger partial charge < -0.3 is 15.6 Å². The minimum Gasteiger partial charge on any atom is -0.368 e. The lowest BCUT2D eigenvalue weighted by atomic mass is 10.1. The Bertz CT molecular complexity index is 428. The Morgan fingerprint density at radius 1 is 1.53 bits per heavy atom. The largest absolute Gasteiger partial charge is 0.368 e. The highest BCUT2D eigenvalue weighted by atomic mass is 16.1. The highest BCUT2D eigenvalue weighted by molar-refractivity contribution is 5.79. The fraction of sp³-hybridized carbons (Fsp3) is 0.692. The van der Waals surface area contributed by atoms with Gasteiger partial charge in [0.2, 0.25) is 5.91 Å². The van der Waals surface area contributed by atoms with E-state index in [1.807, 2.05) is 26.2 Å². The normalized spacial score (nSPS) is 17.4. The molecule has 0 radical (unpaired) electrons. The topological polar surface area (TPSA) is 76.2 Å². The Kier molecular flexibility index (Phi) is 4.55. The zero-order chi connectivity index (χ0) is 13.8. The number of carbonyl (C=O) groups is 1. The van der Waals surface area contributed by atoms with Crippen molar-refractivity contribution in [2.24, 2.45) is 5.73 Å². The summed E-state index contributed by atoms with van der Waals surface area (Å²) >= 11 is 0. The smallest absolute Gasteiger partial charge is 0.234 e. The van der Waals surface area contributed by atoms with Crippen molar-refractivity contribution in [3.05, 3.63) is 18.2 Å². The SMILES string of the molecule is CC(C)NC(CCN1CCn2ccnc2C1)C(N)=O. The average molecular weight is 265 g/mol. The van der Waals surface area contributed by atoms with Crippen molar-refractivity contribution in [3.8, 4) is 0 Å². The third-order valence-electron chi connectivity index (χ3n) is 3.44. The molecule has 0 saturated carbocycles. The van der Waals surface area contributed by atoms with Crippen molar-refractivity contribution < 1.29 is 4.79 Å². The molecule has 1 amide bonds. The number of hydrogen-bond acceptors (Lipinski definition) is 4. The van der Waals surface area contributed by atoms with Crippen molar-refractivity contribution in [2.45, 2.75) is 45.4 Å². The summed E-state index contributed by atoms with van der Waals surface area (Å²) in [6, 6.07) is 0.0134. The second kappa shape index (κ2) is 6.16. The summed E-state index contributed by atoms with van der Waals surface area (Å²) in [7, 11) is 0. The van der Waals surface area contributed by atoms with Gasteiger partial charge in [0.1, 0.15) is 5.82 Å². The Hall–Kier alpha value is -1.40. The predicted octanol–water partition coefficient (Wildman–Crippen LogP) is -0.0593. The van der Waals surface area contributed by atoms with Crippen molar-refractivity contribution >= 4 is 5.91 Å². The van der Waals surface area contributed by atoms with Gasteiger partial charge in [0, 0.05) is 38.1 Å². The first-order valence-electron chi connectivity index (χ1n) is 6.84. The number of imidazole rings is 1. The van der Waals surface area contributed by atoms with E-state index in [0.29, 0.717) is 0 Å². The van der Waals surface area contributed by atoms with Crippen LogP contribution in [0.4, 0.5) is 0 Å². The van der Waals surface area contributed by atoms with Crippen LogP contribution in [0.15, 0.2) is 12.4 Å². The van der Waals surface area contributed by atoms with E-state index in [2.05, 4.69) is 19.8 Å². The summed E-state index contributed by atoms with van der Waals surface area (Å²) < 4.78 is 2.18. The van der Waals surface area contributed by atoms with E-state index in [0.717, 1.165) is 38.4 Å². The van der Waals surface area contributed by atoms with Crippen LogP contribution < -0.4 is 11.1 Å². The van der Waals surface area contributed by atoms with Gasteiger partial charge in [0.25, 0.3) is 0 Å². The number of nitrogens with one attached hydrogen (secondary N) is 1. The first kappa shape index (κ1) is 14.0. The van der Waals surface area contributed by atoms with E-state index < -0.39 is 0 Å². The number of rotatable bonds is 6. The molecule has 19 heavy (non-hydrogen) atoms. The minimum atomic E-state index is -0.271. The van der Waals surface area contributed by atoms with Crippen LogP contribution in [0.25, 0.3) is 0 Å². The molecule has 2 heterocycles. The number of nitrogens with two attached hydrogens (primary N) is 1. The van der Waals surface area contributed by atoms with E-state index in [9.17, 15) is 4.79 Å². The van der Waals surface area contributed by atoms with E-state index in [1.165, 1.54) is 0 Å². The van der Waals surface area contributed by atoms with E-state index in [4.69, 9.17) is 5.73 Å². The summed E-state index contributed by atoms with van der Waals surface area (Å²) in [5, 5.41) is 3.21. The van der Waals surface area contributed by atoms with Gasteiger partial charge in [-0.1, -0.05) is 13.8 Å². The van der Waals surface area contributed by atoms with Crippen molar-refractivity contribution in [3.63, 3.8) is 0 Å². The molecular formula is C13H23N5O. The highest BCUT2D eigenvalue weighted by Crippen LogP contribution is 2.11. The molecule has 106 valence electrons. The predicted molar refractivity (Wildman–Crippen MR) is 73.4 cm³/mol. The number of carbonyl (C=O) groups excluding carboxylic acids is 1. The molecule has 3 N–H and O–H groups in total. The monoisotopic (exact) mass is 265 g/mol. The summed E-state index contributed by atoms with van der Waals surface area (Å²) in [6.45, 7) is 7.71. The van der Waals surface area contributed by atoms with Crippen LogP contribution in [0.2, 0.25) is 0 Å². The van der Waals surface area contributed by atoms with Gasteiger partial charge in [-0.2, -0.15) is 0 Å². The van der Waals surface area contributed by atoms with E-state index in [-0.39, 0.29) is 18.0 Å². The molecule has 1 aromatic rings. The quantitative estimate of drug-likeness (QED) is 0.755. The maximum Gasteiger partial charge on any atom is 0.234 e. The molecule has 2 rings (SSSR count). The summed E-state index contributed by atoms with van der Waals surface area (Å²) in [4.78, 5) is 18.0. The molecule has 1 aliphatic heterocycles. The number of amides is 1. The van der Waals surface area contributed by atoms with Crippen LogP contribution >= 0.6 is 0 Å². The Labute approximate surface area is 114 Å². The standard InChI is InChI=1S/C13H23N5O/c1-10(2)16-11(13(14)19)3-5-17-7-8-18-6-4-15-12(18)9-17/h4,6,10-11,16H,3,5,7-9H2,1-2H3,(H2,14,19). The lowest BCUT2D eigenvalue weighted by molar-refractivity contribution is -0.120. The summed E-state index contributed by atoms with van der Waals surface area (Å²) in [5.74, 6) is 0.825. The molecule has 0 saturated heterocycles. The third-order valence-corrected chi connectivity index (χ3v) is 3.44. The molecule has 6 heteroatoms. The lowest BCUT2D eigenvalue weighted by Crippen LogP contribution is -2.47. The summed E-state index contributed by atoms with van der Waals surface area (Å²) in [5.41, 5.74) is 5.42. The average Bonchev–Trinajstić information content (AvgIpc) is 2.80. The molecule has 1 atom stereocenters. The molecule has 1 aromatic heterocycles. The first-order valence-corrected chi connectivity index (χ1v) is 6.84. The number of primary amides is 1. The fourth-order valence-electron chi connectivity index (χ4n) is 2.44. The van der Waals surface area contributed by atoms with Crippen LogP contribution in [0.5, 0.6) is 0 Å². The molecule has 6 nitrogen and oxygen atoms in total. The molecule has 0 fully saturated rings. The zero-order valence-corrected chi connectivity index (χ0v) is 11.7. The van der Waals surface area contributed by atoms with Crippen LogP contribution in [-0.2, 0) is 17.9 Å². The highest BCUT2D eigenvalue weighted by Gasteiger charge is 2.20. The fourth-order valence-corrected chi connectivity index (χ4v) is 2.44. The van der Waals surface area contributed by atoms with Gasteiger partial charge in [0.05, 0.1) is 12.6 Å². The third kappa shape index (κ3) is 3.78. The molecule has 0 aromatic carbocycles. The van der Waals surface area contributed by atoms with Crippen LogP contribution in [0.3, 0.4) is 0 Å². The molecule has 1 aliphatic rings. The van der Waals surface area contributed by atoms with Gasteiger partial charge in [-0.3, -0.25) is 9.69 Å². The minimum absolute atomic E-state index is 0.248. The van der Waals surface area contributed by atoms with Crippen LogP contribution in [0.1, 0.15) is 26.1 Å². The molecule has 0 bridgehead atoms. The number of fused-ring (bicyclic) bond motifs is 1. The van der Waals surface area contributed by atoms with Gasteiger partial charge in [-0.25, -0.2) is 4.98 Å². The number of aromatic nitrogens is 2. The lowest BCUT2D eigenvalue weighted by Gasteiger charge is -2.29. The first-order chi connectivity index (χ1) is 9.06. The van der Waals surface area contributed by atoms with Crippen molar-refractivity contribution in [1.82, 2.24) is 19.8 Å². The maximum atomic E-state index is 11.4. The van der Waals surface area contributed by atoms with E-state index in [1.54, 1.807) is 0 Å². The number of nitrogens with zero attached hydrogens (tertiary/aromatic N) is 3. The maximum absolute atomic E-state index is 11.4. The summed E-state index contributed by atoms with van der Waals surface area (Å²) in [6.07, 6.45) is 4.60. The molecular weight excluding hydrogens is 242 g/mol. The van der Waals surface area contributed by atoms with Gasteiger partial charge >= 0.3 is 0 Å². The molecule has 1 unspecified atom stereocenters. The molecule has 0 spiro atoms. The van der Waals surface area contributed by atoms with Crippen molar-refractivity contribution in [2.75, 3.05) is 13.1 Å². The number of hydrogen-bond donors (Lipinski definition) is 2.